The predicted molar refractivity (Wildman–Crippen MR) is 75.7 cm³/mol. The minimum Gasteiger partial charge on any atom is -0.301 e. The molecule has 1 unspecified atom stereocenters. The lowest BCUT2D eigenvalue weighted by molar-refractivity contribution is -0.115. The van der Waals surface area contributed by atoms with E-state index >= 15 is 0 Å². The van der Waals surface area contributed by atoms with E-state index in [1.807, 2.05) is 0 Å². The standard InChI is InChI=1S/C11H12N4O2S2/c1-6-5-8(16)14-11(13-6)19-7(2)9(17)15-10-12-3-4-18-10/h3-5,7H,1-2H3,(H,12,15,17)(H,13,14,16). The number of rotatable bonds is 4. The smallest absolute Gasteiger partial charge is 0.251 e. The Balaban J connectivity index is 2.02. The van der Waals surface area contributed by atoms with Gasteiger partial charge >= 0.3 is 0 Å². The van der Waals surface area contributed by atoms with E-state index < -0.39 is 0 Å². The van der Waals surface area contributed by atoms with E-state index in [1.54, 1.807) is 25.4 Å². The summed E-state index contributed by atoms with van der Waals surface area (Å²) in [6.07, 6.45) is 1.62. The van der Waals surface area contributed by atoms with Crippen molar-refractivity contribution in [3.63, 3.8) is 0 Å². The normalized spacial score (nSPS) is 12.1. The van der Waals surface area contributed by atoms with Crippen molar-refractivity contribution in [2.75, 3.05) is 5.32 Å². The quantitative estimate of drug-likeness (QED) is 0.661. The summed E-state index contributed by atoms with van der Waals surface area (Å²) in [6, 6.07) is 1.41. The first-order valence-corrected chi connectivity index (χ1v) is 7.25. The first-order chi connectivity index (χ1) is 9.04. The van der Waals surface area contributed by atoms with Gasteiger partial charge in [-0.3, -0.25) is 9.59 Å². The molecule has 2 aromatic heterocycles. The minimum atomic E-state index is -0.381. The van der Waals surface area contributed by atoms with Crippen molar-refractivity contribution in [1.82, 2.24) is 15.0 Å². The van der Waals surface area contributed by atoms with Crippen molar-refractivity contribution in [2.45, 2.75) is 24.3 Å². The molecule has 0 spiro atoms. The molecule has 2 heterocycles. The molecular weight excluding hydrogens is 284 g/mol. The molecule has 100 valence electrons. The van der Waals surface area contributed by atoms with E-state index in [-0.39, 0.29) is 16.7 Å². The van der Waals surface area contributed by atoms with E-state index in [9.17, 15) is 9.59 Å². The van der Waals surface area contributed by atoms with Crippen LogP contribution in [0.2, 0.25) is 0 Å². The van der Waals surface area contributed by atoms with Crippen molar-refractivity contribution in [3.8, 4) is 0 Å². The van der Waals surface area contributed by atoms with Crippen LogP contribution in [0.4, 0.5) is 5.13 Å². The van der Waals surface area contributed by atoms with Crippen LogP contribution < -0.4 is 10.9 Å². The molecule has 0 saturated carbocycles. The zero-order valence-corrected chi connectivity index (χ0v) is 12.0. The fourth-order valence-corrected chi connectivity index (χ4v) is 2.71. The van der Waals surface area contributed by atoms with Crippen molar-refractivity contribution in [1.29, 1.82) is 0 Å². The molecule has 19 heavy (non-hydrogen) atoms. The lowest BCUT2D eigenvalue weighted by Crippen LogP contribution is -2.23. The maximum Gasteiger partial charge on any atom is 0.251 e. The van der Waals surface area contributed by atoms with Crippen LogP contribution in [0.3, 0.4) is 0 Å². The fraction of sp³-hybridized carbons (Fsp3) is 0.273. The number of nitrogens with one attached hydrogen (secondary N) is 2. The van der Waals surface area contributed by atoms with Crippen molar-refractivity contribution in [3.05, 3.63) is 33.7 Å². The van der Waals surface area contributed by atoms with Crippen molar-refractivity contribution < 1.29 is 4.79 Å². The van der Waals surface area contributed by atoms with Crippen LogP contribution in [0.25, 0.3) is 0 Å². The number of carbonyl (C=O) groups excluding carboxylic acids is 1. The Hall–Kier alpha value is -1.67. The zero-order chi connectivity index (χ0) is 13.8. The third kappa shape index (κ3) is 3.90. The van der Waals surface area contributed by atoms with Crippen LogP contribution in [0.1, 0.15) is 12.6 Å². The van der Waals surface area contributed by atoms with Gasteiger partial charge in [0.2, 0.25) is 5.91 Å². The molecule has 2 rings (SSSR count). The Morgan fingerprint density at radius 1 is 1.58 bits per heavy atom. The molecule has 0 bridgehead atoms. The van der Waals surface area contributed by atoms with Gasteiger partial charge in [0.05, 0.1) is 5.25 Å². The Bertz CT molecular complexity index is 624. The summed E-state index contributed by atoms with van der Waals surface area (Å²) < 4.78 is 0. The number of thioether (sulfide) groups is 1. The summed E-state index contributed by atoms with van der Waals surface area (Å²) in [5, 5.41) is 5.10. The fourth-order valence-electron chi connectivity index (χ4n) is 1.32. The number of aromatic amines is 1. The predicted octanol–water partition coefficient (Wildman–Crippen LogP) is 1.65. The van der Waals surface area contributed by atoms with Crippen LogP contribution in [0.5, 0.6) is 0 Å². The van der Waals surface area contributed by atoms with E-state index in [4.69, 9.17) is 0 Å². The molecule has 0 radical (unpaired) electrons. The largest absolute Gasteiger partial charge is 0.301 e. The molecule has 1 atom stereocenters. The molecule has 0 aliphatic rings. The van der Waals surface area contributed by atoms with Gasteiger partial charge in [0, 0.05) is 23.3 Å². The number of nitrogens with zero attached hydrogens (tertiary/aromatic N) is 2. The molecule has 8 heteroatoms. The number of aromatic nitrogens is 3. The molecule has 0 fully saturated rings. The molecule has 2 aromatic rings. The third-order valence-electron chi connectivity index (χ3n) is 2.17. The molecule has 0 aliphatic carbocycles. The van der Waals surface area contributed by atoms with Crippen LogP contribution in [-0.2, 0) is 4.79 Å². The number of hydrogen-bond acceptors (Lipinski definition) is 6. The topological polar surface area (TPSA) is 87.7 Å². The van der Waals surface area contributed by atoms with Gasteiger partial charge in [-0.05, 0) is 13.8 Å². The first kappa shape index (κ1) is 13.8. The molecule has 0 aliphatic heterocycles. The van der Waals surface area contributed by atoms with Gasteiger partial charge in [-0.2, -0.15) is 0 Å². The zero-order valence-electron chi connectivity index (χ0n) is 10.3. The van der Waals surface area contributed by atoms with Gasteiger partial charge in [0.1, 0.15) is 0 Å². The monoisotopic (exact) mass is 296 g/mol. The average molecular weight is 296 g/mol. The Labute approximate surface area is 117 Å². The first-order valence-electron chi connectivity index (χ1n) is 5.49. The maximum atomic E-state index is 11.9. The van der Waals surface area contributed by atoms with Crippen molar-refractivity contribution >= 4 is 34.1 Å². The highest BCUT2D eigenvalue weighted by molar-refractivity contribution is 8.00. The van der Waals surface area contributed by atoms with E-state index in [2.05, 4.69) is 20.3 Å². The lowest BCUT2D eigenvalue weighted by Gasteiger charge is -2.09. The van der Waals surface area contributed by atoms with Crippen LogP contribution in [0.15, 0.2) is 27.6 Å². The number of amides is 1. The van der Waals surface area contributed by atoms with Crippen LogP contribution in [0, 0.1) is 6.92 Å². The maximum absolute atomic E-state index is 11.9. The Kier molecular flexibility index (Phi) is 4.33. The van der Waals surface area contributed by atoms with E-state index in [0.29, 0.717) is 16.0 Å². The second-order valence-electron chi connectivity index (χ2n) is 3.78. The lowest BCUT2D eigenvalue weighted by atomic mass is 10.4. The summed E-state index contributed by atoms with van der Waals surface area (Å²) in [5.41, 5.74) is 0.404. The Morgan fingerprint density at radius 2 is 2.37 bits per heavy atom. The average Bonchev–Trinajstić information content (AvgIpc) is 2.80. The molecule has 0 saturated heterocycles. The second kappa shape index (κ2) is 5.98. The SMILES string of the molecule is Cc1cc(=O)[nH]c(SC(C)C(=O)Nc2nccs2)n1. The van der Waals surface area contributed by atoms with E-state index in [0.717, 1.165) is 0 Å². The number of carbonyl (C=O) groups is 1. The van der Waals surface area contributed by atoms with Crippen molar-refractivity contribution in [2.24, 2.45) is 0 Å². The molecule has 0 aromatic carbocycles. The summed E-state index contributed by atoms with van der Waals surface area (Å²) in [7, 11) is 0. The molecule has 2 N–H and O–H groups in total. The number of aryl methyl sites for hydroxylation is 1. The van der Waals surface area contributed by atoms with E-state index in [1.165, 1.54) is 29.2 Å². The van der Waals surface area contributed by atoms with Gasteiger partial charge in [-0.25, -0.2) is 9.97 Å². The number of hydrogen-bond donors (Lipinski definition) is 2. The van der Waals surface area contributed by atoms with Crippen LogP contribution in [-0.4, -0.2) is 26.1 Å². The number of H-pyrrole nitrogens is 1. The molecular formula is C11H12N4O2S2. The number of thiazole rings is 1. The molecule has 1 amide bonds. The molecule has 6 nitrogen and oxygen atoms in total. The van der Waals surface area contributed by atoms with Gasteiger partial charge < -0.3 is 10.3 Å². The highest BCUT2D eigenvalue weighted by atomic mass is 32.2. The highest BCUT2D eigenvalue weighted by Crippen LogP contribution is 2.20. The van der Waals surface area contributed by atoms with Gasteiger partial charge in [0.25, 0.3) is 5.56 Å². The third-order valence-corrected chi connectivity index (χ3v) is 3.84. The van der Waals surface area contributed by atoms with Gasteiger partial charge in [-0.1, -0.05) is 11.8 Å². The number of anilines is 1. The Morgan fingerprint density at radius 3 is 3.00 bits per heavy atom. The highest BCUT2D eigenvalue weighted by Gasteiger charge is 2.16. The van der Waals surface area contributed by atoms with Gasteiger partial charge in [-0.15, -0.1) is 11.3 Å². The summed E-state index contributed by atoms with van der Waals surface area (Å²) in [6.45, 7) is 3.48. The van der Waals surface area contributed by atoms with Gasteiger partial charge in [0.15, 0.2) is 10.3 Å². The summed E-state index contributed by atoms with van der Waals surface area (Å²) in [4.78, 5) is 33.9. The second-order valence-corrected chi connectivity index (χ2v) is 6.00. The summed E-state index contributed by atoms with van der Waals surface area (Å²) in [5.74, 6) is -0.177. The minimum absolute atomic E-state index is 0.177. The van der Waals surface area contributed by atoms with Crippen LogP contribution >= 0.6 is 23.1 Å². The summed E-state index contributed by atoms with van der Waals surface area (Å²) >= 11 is 2.55.